The standard InChI is InChI=1S/C25H25ClN4O4S/c1-3-4-10-23-27-22(15-31)24(26)30(23)14-20-19-13-18(11-12-21(19)28-25(20)32)35(33,34)29-16(2)17-8-6-5-7-9-17/h5-9,11-16,29H,3-4,10H2,1-2H3,(H,28,32)/b20-14-. The quantitative estimate of drug-likeness (QED) is 0.319. The largest absolute Gasteiger partial charge is 0.321 e. The van der Waals surface area contributed by atoms with Gasteiger partial charge in [0, 0.05) is 29.9 Å². The number of rotatable bonds is 9. The maximum atomic E-state index is 13.1. The van der Waals surface area contributed by atoms with Gasteiger partial charge in [0.25, 0.3) is 5.91 Å². The van der Waals surface area contributed by atoms with Gasteiger partial charge in [0.2, 0.25) is 10.0 Å². The van der Waals surface area contributed by atoms with Gasteiger partial charge in [0.05, 0.1) is 10.5 Å². The molecule has 2 heterocycles. The van der Waals surface area contributed by atoms with Crippen LogP contribution in [0.15, 0.2) is 53.4 Å². The van der Waals surface area contributed by atoms with Crippen molar-refractivity contribution in [3.05, 3.63) is 76.3 Å². The molecule has 1 unspecified atom stereocenters. The second-order valence-corrected chi connectivity index (χ2v) is 10.3. The minimum atomic E-state index is -3.88. The highest BCUT2D eigenvalue weighted by Crippen LogP contribution is 2.35. The van der Waals surface area contributed by atoms with E-state index in [4.69, 9.17) is 11.6 Å². The molecule has 1 aliphatic rings. The number of carbonyl (C=O) groups excluding carboxylic acids is 2. The molecule has 0 aliphatic carbocycles. The highest BCUT2D eigenvalue weighted by Gasteiger charge is 2.28. The van der Waals surface area contributed by atoms with Crippen LogP contribution in [0.4, 0.5) is 5.69 Å². The molecular formula is C25H25ClN4O4S. The summed E-state index contributed by atoms with van der Waals surface area (Å²) in [6.07, 6.45) is 4.38. The van der Waals surface area contributed by atoms with E-state index in [2.05, 4.69) is 15.0 Å². The van der Waals surface area contributed by atoms with Gasteiger partial charge in [0.15, 0.2) is 6.29 Å². The summed E-state index contributed by atoms with van der Waals surface area (Å²) in [5, 5.41) is 2.85. The van der Waals surface area contributed by atoms with Crippen molar-refractivity contribution in [2.75, 3.05) is 5.32 Å². The van der Waals surface area contributed by atoms with Gasteiger partial charge in [-0.2, -0.15) is 0 Å². The minimum absolute atomic E-state index is 0.0259. The maximum Gasteiger partial charge on any atom is 0.257 e. The molecule has 0 saturated carbocycles. The van der Waals surface area contributed by atoms with Gasteiger partial charge in [-0.05, 0) is 37.1 Å². The number of aldehydes is 1. The summed E-state index contributed by atoms with van der Waals surface area (Å²) >= 11 is 6.37. The monoisotopic (exact) mass is 512 g/mol. The number of aromatic nitrogens is 2. The summed E-state index contributed by atoms with van der Waals surface area (Å²) in [6, 6.07) is 13.2. The van der Waals surface area contributed by atoms with E-state index in [-0.39, 0.29) is 21.3 Å². The predicted molar refractivity (Wildman–Crippen MR) is 136 cm³/mol. The van der Waals surface area contributed by atoms with Crippen LogP contribution in [-0.2, 0) is 21.2 Å². The molecule has 2 aromatic carbocycles. The van der Waals surface area contributed by atoms with E-state index in [0.29, 0.717) is 29.8 Å². The number of hydrogen-bond acceptors (Lipinski definition) is 5. The number of nitrogens with one attached hydrogen (secondary N) is 2. The molecule has 10 heteroatoms. The third-order valence-electron chi connectivity index (χ3n) is 5.79. The number of fused-ring (bicyclic) bond motifs is 1. The average Bonchev–Trinajstić information content (AvgIpc) is 3.33. The number of anilines is 1. The van der Waals surface area contributed by atoms with E-state index in [9.17, 15) is 18.0 Å². The molecule has 0 saturated heterocycles. The number of aryl methyl sites for hydroxylation is 1. The van der Waals surface area contributed by atoms with Crippen molar-refractivity contribution >= 4 is 51.3 Å². The van der Waals surface area contributed by atoms with E-state index in [1.54, 1.807) is 13.0 Å². The summed E-state index contributed by atoms with van der Waals surface area (Å²) in [4.78, 5) is 28.5. The Bertz CT molecular complexity index is 1410. The van der Waals surface area contributed by atoms with Gasteiger partial charge in [-0.15, -0.1) is 0 Å². The Labute approximate surface area is 209 Å². The molecule has 4 rings (SSSR count). The van der Waals surface area contributed by atoms with E-state index >= 15 is 0 Å². The Morgan fingerprint density at radius 2 is 1.94 bits per heavy atom. The first-order valence-corrected chi connectivity index (χ1v) is 13.1. The number of halogens is 1. The first kappa shape index (κ1) is 24.8. The molecule has 3 aromatic rings. The van der Waals surface area contributed by atoms with Crippen LogP contribution in [0.25, 0.3) is 11.8 Å². The molecule has 0 spiro atoms. The van der Waals surface area contributed by atoms with Crippen LogP contribution in [0, 0.1) is 0 Å². The smallest absolute Gasteiger partial charge is 0.257 e. The Balaban J connectivity index is 1.72. The van der Waals surface area contributed by atoms with Crippen LogP contribution >= 0.6 is 11.6 Å². The van der Waals surface area contributed by atoms with Gasteiger partial charge in [-0.1, -0.05) is 55.3 Å². The number of sulfonamides is 1. The topological polar surface area (TPSA) is 110 Å². The first-order valence-electron chi connectivity index (χ1n) is 11.2. The summed E-state index contributed by atoms with van der Waals surface area (Å²) in [5.41, 5.74) is 2.05. The normalized spacial score (nSPS) is 15.2. The van der Waals surface area contributed by atoms with Gasteiger partial charge in [0.1, 0.15) is 16.7 Å². The van der Waals surface area contributed by atoms with Crippen molar-refractivity contribution in [3.63, 3.8) is 0 Å². The zero-order valence-corrected chi connectivity index (χ0v) is 20.9. The zero-order valence-electron chi connectivity index (χ0n) is 19.3. The lowest BCUT2D eigenvalue weighted by Crippen LogP contribution is -2.26. The van der Waals surface area contributed by atoms with Crippen LogP contribution in [0.1, 0.15) is 60.2 Å². The van der Waals surface area contributed by atoms with Crippen LogP contribution in [0.5, 0.6) is 0 Å². The Morgan fingerprint density at radius 1 is 1.20 bits per heavy atom. The number of nitrogens with zero attached hydrogens (tertiary/aromatic N) is 2. The van der Waals surface area contributed by atoms with Gasteiger partial charge >= 0.3 is 0 Å². The second-order valence-electron chi connectivity index (χ2n) is 8.25. The molecule has 0 fully saturated rings. The van der Waals surface area contributed by atoms with Crippen molar-refractivity contribution < 1.29 is 18.0 Å². The molecule has 0 bridgehead atoms. The number of unbranched alkanes of at least 4 members (excludes halogenated alkanes) is 1. The Kier molecular flexibility index (Phi) is 7.20. The molecule has 1 aromatic heterocycles. The Morgan fingerprint density at radius 3 is 2.63 bits per heavy atom. The summed E-state index contributed by atoms with van der Waals surface area (Å²) < 4.78 is 30.4. The lowest BCUT2D eigenvalue weighted by molar-refractivity contribution is -0.110. The molecule has 2 N–H and O–H groups in total. The highest BCUT2D eigenvalue weighted by molar-refractivity contribution is 7.89. The fourth-order valence-corrected chi connectivity index (χ4v) is 5.39. The molecule has 35 heavy (non-hydrogen) atoms. The molecule has 1 atom stereocenters. The van der Waals surface area contributed by atoms with Crippen LogP contribution < -0.4 is 10.0 Å². The third kappa shape index (κ3) is 5.07. The molecular weight excluding hydrogens is 488 g/mol. The molecule has 1 aliphatic heterocycles. The second kappa shape index (κ2) is 10.2. The lowest BCUT2D eigenvalue weighted by atomic mass is 10.1. The maximum absolute atomic E-state index is 13.1. The predicted octanol–water partition coefficient (Wildman–Crippen LogP) is 4.68. The van der Waals surface area contributed by atoms with Crippen molar-refractivity contribution in [1.29, 1.82) is 0 Å². The van der Waals surface area contributed by atoms with Crippen LogP contribution in [0.3, 0.4) is 0 Å². The van der Waals surface area contributed by atoms with E-state index in [0.717, 1.165) is 18.4 Å². The summed E-state index contributed by atoms with van der Waals surface area (Å²) in [6.45, 7) is 3.80. The van der Waals surface area contributed by atoms with Crippen molar-refractivity contribution in [3.8, 4) is 0 Å². The number of carbonyl (C=O) groups is 2. The van der Waals surface area contributed by atoms with E-state index in [1.807, 2.05) is 37.3 Å². The van der Waals surface area contributed by atoms with E-state index < -0.39 is 22.0 Å². The molecule has 1 amide bonds. The fraction of sp³-hybridized carbons (Fsp3) is 0.240. The van der Waals surface area contributed by atoms with Gasteiger partial charge in [-0.3, -0.25) is 14.2 Å². The van der Waals surface area contributed by atoms with Crippen molar-refractivity contribution in [2.45, 2.75) is 44.0 Å². The fourth-order valence-electron chi connectivity index (χ4n) is 3.90. The van der Waals surface area contributed by atoms with E-state index in [1.165, 1.54) is 22.9 Å². The minimum Gasteiger partial charge on any atom is -0.321 e. The van der Waals surface area contributed by atoms with Crippen LogP contribution in [-0.4, -0.2) is 30.2 Å². The third-order valence-corrected chi connectivity index (χ3v) is 7.70. The first-order chi connectivity index (χ1) is 16.7. The van der Waals surface area contributed by atoms with Gasteiger partial charge < -0.3 is 5.32 Å². The Hall–Kier alpha value is -3.27. The number of imidazole rings is 1. The summed E-state index contributed by atoms with van der Waals surface area (Å²) in [7, 11) is -3.88. The summed E-state index contributed by atoms with van der Waals surface area (Å²) in [5.74, 6) is 0.147. The number of benzene rings is 2. The number of amides is 1. The van der Waals surface area contributed by atoms with Crippen molar-refractivity contribution in [1.82, 2.24) is 14.3 Å². The molecule has 0 radical (unpaired) electrons. The highest BCUT2D eigenvalue weighted by atomic mass is 35.5. The number of hydrogen-bond donors (Lipinski definition) is 2. The molecule has 182 valence electrons. The van der Waals surface area contributed by atoms with Crippen LogP contribution in [0.2, 0.25) is 5.15 Å². The van der Waals surface area contributed by atoms with Gasteiger partial charge in [-0.25, -0.2) is 18.1 Å². The van der Waals surface area contributed by atoms with Crippen molar-refractivity contribution in [2.24, 2.45) is 0 Å². The zero-order chi connectivity index (χ0) is 25.2. The lowest BCUT2D eigenvalue weighted by Gasteiger charge is -2.15. The molecule has 8 nitrogen and oxygen atoms in total. The average molecular weight is 513 g/mol. The SMILES string of the molecule is CCCCc1nc(C=O)c(Cl)n1/C=C1\C(=O)Nc2ccc(S(=O)(=O)NC(C)c3ccccc3)cc21.